The van der Waals surface area contributed by atoms with Crippen LogP contribution in [0.2, 0.25) is 0 Å². The standard InChI is InChI=1S/C17H15BrFN3O/c1-2-22-15-6-4-3-5-14(15)21-16(22)10-20-17(23)12-9-11(19)7-8-13(12)18/h3-9H,2,10H2,1H3,(H,20,23). The molecule has 1 aromatic heterocycles. The van der Waals surface area contributed by atoms with Crippen molar-refractivity contribution in [3.05, 3.63) is 64.1 Å². The van der Waals surface area contributed by atoms with Crippen molar-refractivity contribution in [2.24, 2.45) is 0 Å². The highest BCUT2D eigenvalue weighted by Crippen LogP contribution is 2.19. The minimum Gasteiger partial charge on any atom is -0.345 e. The molecule has 0 aliphatic rings. The van der Waals surface area contributed by atoms with Gasteiger partial charge in [0.2, 0.25) is 0 Å². The minimum absolute atomic E-state index is 0.268. The Labute approximate surface area is 141 Å². The molecule has 1 heterocycles. The molecule has 3 rings (SSSR count). The summed E-state index contributed by atoms with van der Waals surface area (Å²) in [5, 5.41) is 2.80. The number of nitrogens with one attached hydrogen (secondary N) is 1. The molecule has 6 heteroatoms. The van der Waals surface area contributed by atoms with Gasteiger partial charge < -0.3 is 9.88 Å². The van der Waals surface area contributed by atoms with Crippen LogP contribution in [-0.2, 0) is 13.1 Å². The predicted molar refractivity (Wildman–Crippen MR) is 90.7 cm³/mol. The molecule has 0 atom stereocenters. The fourth-order valence-corrected chi connectivity index (χ4v) is 2.97. The molecular weight excluding hydrogens is 361 g/mol. The number of fused-ring (bicyclic) bond motifs is 1. The Bertz CT molecular complexity index is 875. The average Bonchev–Trinajstić information content (AvgIpc) is 2.92. The van der Waals surface area contributed by atoms with Gasteiger partial charge in [0.15, 0.2) is 0 Å². The zero-order valence-electron chi connectivity index (χ0n) is 12.5. The van der Waals surface area contributed by atoms with Gasteiger partial charge in [-0.15, -0.1) is 0 Å². The maximum atomic E-state index is 13.3. The number of nitrogens with zero attached hydrogens (tertiary/aromatic N) is 2. The summed E-state index contributed by atoms with van der Waals surface area (Å²) in [4.78, 5) is 16.8. The first-order chi connectivity index (χ1) is 11.1. The monoisotopic (exact) mass is 375 g/mol. The molecular formula is C17H15BrFN3O. The maximum absolute atomic E-state index is 13.3. The summed E-state index contributed by atoms with van der Waals surface area (Å²) in [5.41, 5.74) is 2.20. The van der Waals surface area contributed by atoms with Crippen molar-refractivity contribution in [1.29, 1.82) is 0 Å². The number of carbonyl (C=O) groups is 1. The largest absolute Gasteiger partial charge is 0.345 e. The van der Waals surface area contributed by atoms with Crippen LogP contribution < -0.4 is 5.32 Å². The second-order valence-electron chi connectivity index (χ2n) is 5.07. The molecule has 0 aliphatic carbocycles. The van der Waals surface area contributed by atoms with E-state index >= 15 is 0 Å². The highest BCUT2D eigenvalue weighted by Gasteiger charge is 2.14. The highest BCUT2D eigenvalue weighted by atomic mass is 79.9. The van der Waals surface area contributed by atoms with E-state index in [0.717, 1.165) is 23.4 Å². The van der Waals surface area contributed by atoms with Crippen molar-refractivity contribution in [3.63, 3.8) is 0 Å². The predicted octanol–water partition coefficient (Wildman–Crippen LogP) is 3.89. The van der Waals surface area contributed by atoms with Gasteiger partial charge in [-0.05, 0) is 53.2 Å². The fraction of sp³-hybridized carbons (Fsp3) is 0.176. The van der Waals surface area contributed by atoms with E-state index in [1.54, 1.807) is 0 Å². The lowest BCUT2D eigenvalue weighted by molar-refractivity contribution is 0.0948. The van der Waals surface area contributed by atoms with Gasteiger partial charge in [0.05, 0.1) is 23.1 Å². The fourth-order valence-electron chi connectivity index (χ4n) is 2.54. The van der Waals surface area contributed by atoms with E-state index in [0.29, 0.717) is 4.47 Å². The van der Waals surface area contributed by atoms with Gasteiger partial charge in [-0.25, -0.2) is 9.37 Å². The lowest BCUT2D eigenvalue weighted by atomic mass is 10.2. The van der Waals surface area contributed by atoms with Crippen LogP contribution in [-0.4, -0.2) is 15.5 Å². The number of aromatic nitrogens is 2. The molecule has 0 spiro atoms. The smallest absolute Gasteiger partial charge is 0.252 e. The number of halogens is 2. The summed E-state index contributed by atoms with van der Waals surface area (Å²) in [5.74, 6) is -0.0141. The number of amides is 1. The van der Waals surface area contributed by atoms with Crippen molar-refractivity contribution in [1.82, 2.24) is 14.9 Å². The van der Waals surface area contributed by atoms with Crippen molar-refractivity contribution in [2.45, 2.75) is 20.0 Å². The Hall–Kier alpha value is -2.21. The van der Waals surface area contributed by atoms with E-state index in [-0.39, 0.29) is 18.0 Å². The number of hydrogen-bond donors (Lipinski definition) is 1. The van der Waals surface area contributed by atoms with Crippen LogP contribution in [0.4, 0.5) is 4.39 Å². The Morgan fingerprint density at radius 1 is 1.30 bits per heavy atom. The van der Waals surface area contributed by atoms with Crippen LogP contribution >= 0.6 is 15.9 Å². The third kappa shape index (κ3) is 3.12. The van der Waals surface area contributed by atoms with E-state index in [1.807, 2.05) is 31.2 Å². The lowest BCUT2D eigenvalue weighted by Gasteiger charge is -2.09. The van der Waals surface area contributed by atoms with E-state index < -0.39 is 5.82 Å². The molecule has 0 saturated carbocycles. The van der Waals surface area contributed by atoms with E-state index in [1.165, 1.54) is 18.2 Å². The summed E-state index contributed by atoms with van der Waals surface area (Å²) in [6.07, 6.45) is 0. The normalized spacial score (nSPS) is 10.9. The van der Waals surface area contributed by atoms with Crippen LogP contribution in [0.1, 0.15) is 23.1 Å². The molecule has 1 N–H and O–H groups in total. The topological polar surface area (TPSA) is 46.9 Å². The molecule has 0 aliphatic heterocycles. The molecule has 0 unspecified atom stereocenters. The highest BCUT2D eigenvalue weighted by molar-refractivity contribution is 9.10. The Kier molecular flexibility index (Phi) is 4.43. The SMILES string of the molecule is CCn1c(CNC(=O)c2cc(F)ccc2Br)nc2ccccc21. The van der Waals surface area contributed by atoms with Gasteiger partial charge in [-0.2, -0.15) is 0 Å². The number of benzene rings is 2. The van der Waals surface area contributed by atoms with E-state index in [4.69, 9.17) is 0 Å². The second-order valence-corrected chi connectivity index (χ2v) is 5.92. The van der Waals surface area contributed by atoms with Gasteiger partial charge in [0.25, 0.3) is 5.91 Å². The maximum Gasteiger partial charge on any atom is 0.252 e. The summed E-state index contributed by atoms with van der Waals surface area (Å²) in [6, 6.07) is 11.9. The van der Waals surface area contributed by atoms with Crippen LogP contribution in [0, 0.1) is 5.82 Å². The molecule has 118 valence electrons. The zero-order chi connectivity index (χ0) is 16.4. The first-order valence-electron chi connectivity index (χ1n) is 7.27. The molecule has 0 saturated heterocycles. The van der Waals surface area contributed by atoms with Gasteiger partial charge in [-0.3, -0.25) is 4.79 Å². The number of imidazole rings is 1. The summed E-state index contributed by atoms with van der Waals surface area (Å²) in [7, 11) is 0. The average molecular weight is 376 g/mol. The second kappa shape index (κ2) is 6.50. The lowest BCUT2D eigenvalue weighted by Crippen LogP contribution is -2.25. The van der Waals surface area contributed by atoms with Gasteiger partial charge in [-0.1, -0.05) is 12.1 Å². The number of hydrogen-bond acceptors (Lipinski definition) is 2. The number of aryl methyl sites for hydroxylation is 1. The third-order valence-electron chi connectivity index (χ3n) is 3.63. The quantitative estimate of drug-likeness (QED) is 0.751. The van der Waals surface area contributed by atoms with Crippen LogP contribution in [0.3, 0.4) is 0 Å². The minimum atomic E-state index is -0.445. The van der Waals surface area contributed by atoms with E-state index in [9.17, 15) is 9.18 Å². The zero-order valence-corrected chi connectivity index (χ0v) is 14.1. The Morgan fingerprint density at radius 2 is 2.09 bits per heavy atom. The van der Waals surface area contributed by atoms with Gasteiger partial charge in [0, 0.05) is 11.0 Å². The van der Waals surface area contributed by atoms with Crippen molar-refractivity contribution in [3.8, 4) is 0 Å². The molecule has 23 heavy (non-hydrogen) atoms. The van der Waals surface area contributed by atoms with Crippen molar-refractivity contribution >= 4 is 32.9 Å². The van der Waals surface area contributed by atoms with Crippen molar-refractivity contribution < 1.29 is 9.18 Å². The summed E-state index contributed by atoms with van der Waals surface area (Å²) < 4.78 is 15.9. The molecule has 0 radical (unpaired) electrons. The first-order valence-corrected chi connectivity index (χ1v) is 8.07. The molecule has 0 fully saturated rings. The molecule has 0 bridgehead atoms. The number of rotatable bonds is 4. The van der Waals surface area contributed by atoms with Crippen LogP contribution in [0.15, 0.2) is 46.9 Å². The third-order valence-corrected chi connectivity index (χ3v) is 4.32. The number of para-hydroxylation sites is 2. The molecule has 2 aromatic carbocycles. The Balaban J connectivity index is 1.83. The Morgan fingerprint density at radius 3 is 2.87 bits per heavy atom. The van der Waals surface area contributed by atoms with Crippen molar-refractivity contribution in [2.75, 3.05) is 0 Å². The van der Waals surface area contributed by atoms with Gasteiger partial charge >= 0.3 is 0 Å². The van der Waals surface area contributed by atoms with Gasteiger partial charge in [0.1, 0.15) is 11.6 Å². The molecule has 1 amide bonds. The molecule has 3 aromatic rings. The summed E-state index contributed by atoms with van der Waals surface area (Å²) >= 11 is 3.27. The van der Waals surface area contributed by atoms with Crippen LogP contribution in [0.25, 0.3) is 11.0 Å². The molecule has 4 nitrogen and oxygen atoms in total. The summed E-state index contributed by atoms with van der Waals surface area (Å²) in [6.45, 7) is 3.07. The van der Waals surface area contributed by atoms with Crippen LogP contribution in [0.5, 0.6) is 0 Å². The van der Waals surface area contributed by atoms with E-state index in [2.05, 4.69) is 30.8 Å². The number of carbonyl (C=O) groups excluding carboxylic acids is 1. The first kappa shape index (κ1) is 15.7.